The lowest BCUT2D eigenvalue weighted by Gasteiger charge is -2.32. The topological polar surface area (TPSA) is 49.4 Å². The molecule has 3 aromatic carbocycles. The first kappa shape index (κ1) is 27.3. The van der Waals surface area contributed by atoms with Crippen LogP contribution >= 0.6 is 46.4 Å². The zero-order chi connectivity index (χ0) is 25.5. The zero-order valence-electron chi connectivity index (χ0n) is 19.4. The smallest absolute Gasteiger partial charge is 0.243 e. The SMILES string of the molecule is CC(C)NC(=O)C(Cc1ccccc1)N(Cc1ccc(Cl)cc1Cl)C(=O)Cc1ccc(Cl)c(Cl)c1. The van der Waals surface area contributed by atoms with E-state index in [0.717, 1.165) is 5.56 Å². The number of hydrogen-bond donors (Lipinski definition) is 1. The summed E-state index contributed by atoms with van der Waals surface area (Å²) in [6, 6.07) is 18.9. The highest BCUT2D eigenvalue weighted by Crippen LogP contribution is 2.26. The van der Waals surface area contributed by atoms with E-state index in [4.69, 9.17) is 46.4 Å². The summed E-state index contributed by atoms with van der Waals surface area (Å²) in [6.07, 6.45) is 0.389. The highest BCUT2D eigenvalue weighted by Gasteiger charge is 2.31. The van der Waals surface area contributed by atoms with Gasteiger partial charge < -0.3 is 10.2 Å². The lowest BCUT2D eigenvalue weighted by molar-refractivity contribution is -0.141. The van der Waals surface area contributed by atoms with Crippen LogP contribution in [0, 0.1) is 0 Å². The van der Waals surface area contributed by atoms with E-state index in [1.54, 1.807) is 41.3 Å². The highest BCUT2D eigenvalue weighted by molar-refractivity contribution is 6.42. The predicted octanol–water partition coefficient (Wildman–Crippen LogP) is 7.01. The van der Waals surface area contributed by atoms with Crippen LogP contribution in [0.15, 0.2) is 66.7 Å². The van der Waals surface area contributed by atoms with Gasteiger partial charge in [-0.3, -0.25) is 9.59 Å². The second-order valence-corrected chi connectivity index (χ2v) is 10.2. The van der Waals surface area contributed by atoms with Crippen LogP contribution in [0.25, 0.3) is 0 Å². The molecular weight excluding hydrogens is 526 g/mol. The second-order valence-electron chi connectivity index (χ2n) is 8.55. The quantitative estimate of drug-likeness (QED) is 0.311. The molecule has 3 rings (SSSR count). The Labute approximate surface area is 226 Å². The summed E-state index contributed by atoms with van der Waals surface area (Å²) in [5.41, 5.74) is 2.32. The number of carbonyl (C=O) groups excluding carboxylic acids is 2. The number of amides is 2. The Morgan fingerprint density at radius 3 is 2.17 bits per heavy atom. The van der Waals surface area contributed by atoms with E-state index in [9.17, 15) is 9.59 Å². The van der Waals surface area contributed by atoms with Crippen molar-refractivity contribution in [2.45, 2.75) is 45.3 Å². The predicted molar refractivity (Wildman–Crippen MR) is 144 cm³/mol. The van der Waals surface area contributed by atoms with Crippen molar-refractivity contribution in [3.63, 3.8) is 0 Å². The van der Waals surface area contributed by atoms with Crippen LogP contribution in [0.3, 0.4) is 0 Å². The molecule has 3 aromatic rings. The molecule has 0 fully saturated rings. The van der Waals surface area contributed by atoms with E-state index in [1.807, 2.05) is 44.2 Å². The summed E-state index contributed by atoms with van der Waals surface area (Å²) >= 11 is 24.7. The van der Waals surface area contributed by atoms with Gasteiger partial charge in [0.15, 0.2) is 0 Å². The lowest BCUT2D eigenvalue weighted by atomic mass is 10.0. The van der Waals surface area contributed by atoms with E-state index in [2.05, 4.69) is 5.32 Å². The van der Waals surface area contributed by atoms with Gasteiger partial charge in [0.1, 0.15) is 6.04 Å². The van der Waals surface area contributed by atoms with Gasteiger partial charge in [-0.05, 0) is 54.8 Å². The van der Waals surface area contributed by atoms with Crippen LogP contribution in [0.2, 0.25) is 20.1 Å². The number of benzene rings is 3. The van der Waals surface area contributed by atoms with Crippen LogP contribution in [-0.2, 0) is 29.0 Å². The molecule has 4 nitrogen and oxygen atoms in total. The molecule has 0 saturated carbocycles. The van der Waals surface area contributed by atoms with Gasteiger partial charge in [-0.15, -0.1) is 0 Å². The summed E-state index contributed by atoms with van der Waals surface area (Å²) < 4.78 is 0. The van der Waals surface area contributed by atoms with Gasteiger partial charge in [0.05, 0.1) is 16.5 Å². The highest BCUT2D eigenvalue weighted by atomic mass is 35.5. The summed E-state index contributed by atoms with van der Waals surface area (Å²) in [5.74, 6) is -0.481. The molecule has 1 N–H and O–H groups in total. The van der Waals surface area contributed by atoms with Crippen molar-refractivity contribution in [3.8, 4) is 0 Å². The Hall–Kier alpha value is -2.24. The molecule has 0 spiro atoms. The van der Waals surface area contributed by atoms with Gasteiger partial charge in [0.25, 0.3) is 0 Å². The molecule has 184 valence electrons. The van der Waals surface area contributed by atoms with Gasteiger partial charge in [-0.2, -0.15) is 0 Å². The van der Waals surface area contributed by atoms with Crippen LogP contribution < -0.4 is 5.32 Å². The van der Waals surface area contributed by atoms with Crippen LogP contribution in [0.4, 0.5) is 0 Å². The third kappa shape index (κ3) is 7.88. The minimum atomic E-state index is -0.762. The number of rotatable bonds is 9. The Bertz CT molecular complexity index is 1190. The van der Waals surface area contributed by atoms with Crippen molar-refractivity contribution in [2.75, 3.05) is 0 Å². The fourth-order valence-corrected chi connectivity index (χ4v) is 4.48. The van der Waals surface area contributed by atoms with Crippen molar-refractivity contribution in [1.82, 2.24) is 10.2 Å². The van der Waals surface area contributed by atoms with Gasteiger partial charge in [0, 0.05) is 29.1 Å². The molecule has 0 aliphatic carbocycles. The van der Waals surface area contributed by atoms with Crippen LogP contribution in [0.5, 0.6) is 0 Å². The molecule has 0 saturated heterocycles. The molecule has 35 heavy (non-hydrogen) atoms. The third-order valence-electron chi connectivity index (χ3n) is 5.40. The number of nitrogens with zero attached hydrogens (tertiary/aromatic N) is 1. The van der Waals surface area contributed by atoms with Gasteiger partial charge >= 0.3 is 0 Å². The van der Waals surface area contributed by atoms with E-state index < -0.39 is 6.04 Å². The summed E-state index contributed by atoms with van der Waals surface area (Å²) in [4.78, 5) is 28.7. The number of nitrogens with one attached hydrogen (secondary N) is 1. The average Bonchev–Trinajstić information content (AvgIpc) is 2.80. The molecule has 0 radical (unpaired) electrons. The average molecular weight is 552 g/mol. The van der Waals surface area contributed by atoms with Crippen molar-refractivity contribution < 1.29 is 9.59 Å². The van der Waals surface area contributed by atoms with Gasteiger partial charge in [0.2, 0.25) is 11.8 Å². The normalized spacial score (nSPS) is 11.9. The molecule has 8 heteroatoms. The zero-order valence-corrected chi connectivity index (χ0v) is 22.4. The van der Waals surface area contributed by atoms with Crippen molar-refractivity contribution in [3.05, 3.63) is 104 Å². The second kappa shape index (κ2) is 12.6. The maximum atomic E-state index is 13.7. The fraction of sp³-hybridized carbons (Fsp3) is 0.259. The van der Waals surface area contributed by atoms with Crippen LogP contribution in [-0.4, -0.2) is 28.8 Å². The first-order valence-corrected chi connectivity index (χ1v) is 12.7. The summed E-state index contributed by atoms with van der Waals surface area (Å²) in [6.45, 7) is 3.91. The fourth-order valence-electron chi connectivity index (χ4n) is 3.69. The van der Waals surface area contributed by atoms with Crippen molar-refractivity contribution in [1.29, 1.82) is 0 Å². The Balaban J connectivity index is 2.01. The first-order valence-electron chi connectivity index (χ1n) is 11.2. The van der Waals surface area contributed by atoms with Crippen molar-refractivity contribution in [2.24, 2.45) is 0 Å². The maximum absolute atomic E-state index is 13.7. The molecule has 1 atom stereocenters. The van der Waals surface area contributed by atoms with E-state index in [0.29, 0.717) is 37.6 Å². The van der Waals surface area contributed by atoms with E-state index in [-0.39, 0.29) is 30.8 Å². The molecule has 0 aliphatic heterocycles. The molecule has 0 heterocycles. The van der Waals surface area contributed by atoms with E-state index in [1.165, 1.54) is 0 Å². The Morgan fingerprint density at radius 2 is 1.54 bits per heavy atom. The summed E-state index contributed by atoms with van der Waals surface area (Å²) in [5, 5.41) is 4.65. The minimum absolute atomic E-state index is 0.0440. The standard InChI is InChI=1S/C27H26Cl4N2O2/c1-17(2)32-27(35)25(13-18-6-4-3-5-7-18)33(16-20-9-10-21(28)15-23(20)30)26(34)14-19-8-11-22(29)24(31)12-19/h3-12,15,17,25H,13-14,16H2,1-2H3,(H,32,35). The molecule has 0 aromatic heterocycles. The molecule has 0 aliphatic rings. The molecule has 0 bridgehead atoms. The Kier molecular flexibility index (Phi) is 9.88. The maximum Gasteiger partial charge on any atom is 0.243 e. The Morgan fingerprint density at radius 1 is 0.829 bits per heavy atom. The lowest BCUT2D eigenvalue weighted by Crippen LogP contribution is -2.52. The van der Waals surface area contributed by atoms with Crippen LogP contribution in [0.1, 0.15) is 30.5 Å². The summed E-state index contributed by atoms with van der Waals surface area (Å²) in [7, 11) is 0. The molecular formula is C27H26Cl4N2O2. The van der Waals surface area contributed by atoms with Crippen molar-refractivity contribution >= 4 is 58.2 Å². The van der Waals surface area contributed by atoms with Gasteiger partial charge in [-0.1, -0.05) is 88.9 Å². The molecule has 2 amide bonds. The third-order valence-corrected chi connectivity index (χ3v) is 6.72. The number of halogens is 4. The number of carbonyl (C=O) groups is 2. The largest absolute Gasteiger partial charge is 0.352 e. The monoisotopic (exact) mass is 550 g/mol. The first-order chi connectivity index (χ1) is 16.6. The molecule has 1 unspecified atom stereocenters. The minimum Gasteiger partial charge on any atom is -0.352 e. The van der Waals surface area contributed by atoms with Gasteiger partial charge in [-0.25, -0.2) is 0 Å². The van der Waals surface area contributed by atoms with E-state index >= 15 is 0 Å². The number of hydrogen-bond acceptors (Lipinski definition) is 2.